The summed E-state index contributed by atoms with van der Waals surface area (Å²) in [5, 5.41) is 0. The zero-order valence-corrected chi connectivity index (χ0v) is 17.8. The molecular weight excluding hydrogens is 358 g/mol. The Bertz CT molecular complexity index is 467. The fourth-order valence-corrected chi connectivity index (χ4v) is 5.79. The van der Waals surface area contributed by atoms with E-state index >= 15 is 0 Å². The van der Waals surface area contributed by atoms with Gasteiger partial charge in [-0.3, -0.25) is 0 Å². The Kier molecular flexibility index (Phi) is 8.77. The standard InChI is InChI=1S/C24H40F2O2/c1-3-5-17-6-10-19(11-7-17)20-12-8-18(9-13-20)16-28-22-15-14-21(27-4-2)23(25)24(22)26/h3,5,17-24H,4,6-16H2,1-2H3/b5-3+. The summed E-state index contributed by atoms with van der Waals surface area (Å²) in [7, 11) is 0. The second kappa shape index (κ2) is 11.1. The molecule has 4 unspecified atom stereocenters. The molecule has 0 N–H and O–H groups in total. The highest BCUT2D eigenvalue weighted by atomic mass is 19.2. The molecule has 4 heteroatoms. The predicted octanol–water partition coefficient (Wildman–Crippen LogP) is 6.44. The molecule has 0 aromatic heterocycles. The van der Waals surface area contributed by atoms with Crippen LogP contribution in [0.2, 0.25) is 0 Å². The first kappa shape index (κ1) is 22.2. The summed E-state index contributed by atoms with van der Waals surface area (Å²) in [6.45, 7) is 4.98. The maximum atomic E-state index is 14.4. The number of allylic oxidation sites excluding steroid dienone is 2. The predicted molar refractivity (Wildman–Crippen MR) is 110 cm³/mol. The summed E-state index contributed by atoms with van der Waals surface area (Å²) in [5.74, 6) is 3.09. The maximum absolute atomic E-state index is 14.4. The Balaban J connectivity index is 1.35. The maximum Gasteiger partial charge on any atom is 0.160 e. The summed E-state index contributed by atoms with van der Waals surface area (Å²) < 4.78 is 39.8. The van der Waals surface area contributed by atoms with Crippen LogP contribution < -0.4 is 0 Å². The number of hydrogen-bond donors (Lipinski definition) is 0. The van der Waals surface area contributed by atoms with E-state index in [4.69, 9.17) is 9.47 Å². The highest BCUT2D eigenvalue weighted by Gasteiger charge is 2.41. The molecule has 3 fully saturated rings. The van der Waals surface area contributed by atoms with Crippen molar-refractivity contribution in [3.63, 3.8) is 0 Å². The lowest BCUT2D eigenvalue weighted by atomic mass is 9.69. The molecule has 3 rings (SSSR count). The van der Waals surface area contributed by atoms with Crippen LogP contribution in [-0.2, 0) is 9.47 Å². The molecule has 0 amide bonds. The van der Waals surface area contributed by atoms with Gasteiger partial charge in [-0.2, -0.15) is 0 Å². The second-order valence-electron chi connectivity index (χ2n) is 9.31. The molecule has 0 spiro atoms. The van der Waals surface area contributed by atoms with E-state index in [9.17, 15) is 8.78 Å². The van der Waals surface area contributed by atoms with Gasteiger partial charge in [0.1, 0.15) is 0 Å². The van der Waals surface area contributed by atoms with Crippen molar-refractivity contribution in [3.05, 3.63) is 12.2 Å². The van der Waals surface area contributed by atoms with E-state index in [-0.39, 0.29) is 0 Å². The van der Waals surface area contributed by atoms with Crippen LogP contribution >= 0.6 is 0 Å². The van der Waals surface area contributed by atoms with Crippen LogP contribution in [0.5, 0.6) is 0 Å². The van der Waals surface area contributed by atoms with Crippen LogP contribution in [0.3, 0.4) is 0 Å². The van der Waals surface area contributed by atoms with Gasteiger partial charge < -0.3 is 9.47 Å². The summed E-state index contributed by atoms with van der Waals surface area (Å²) in [6.07, 6.45) is 11.8. The van der Waals surface area contributed by atoms with Gasteiger partial charge in [0.15, 0.2) is 12.3 Å². The van der Waals surface area contributed by atoms with Crippen molar-refractivity contribution in [2.75, 3.05) is 13.2 Å². The third-order valence-electron chi connectivity index (χ3n) is 7.52. The SMILES string of the molecule is C/C=C/C1CCC(C2CCC(COC3CCC(OCC)C(F)C3F)CC2)CC1. The molecule has 28 heavy (non-hydrogen) atoms. The molecule has 3 aliphatic carbocycles. The first-order chi connectivity index (χ1) is 13.6. The molecule has 0 bridgehead atoms. The van der Waals surface area contributed by atoms with Crippen LogP contribution in [0.4, 0.5) is 8.78 Å². The number of rotatable bonds is 7. The van der Waals surface area contributed by atoms with Crippen LogP contribution in [-0.4, -0.2) is 37.8 Å². The van der Waals surface area contributed by atoms with Crippen LogP contribution in [0.15, 0.2) is 12.2 Å². The molecule has 0 aromatic rings. The smallest absolute Gasteiger partial charge is 0.160 e. The van der Waals surface area contributed by atoms with Crippen molar-refractivity contribution < 1.29 is 18.3 Å². The number of halogens is 2. The van der Waals surface area contributed by atoms with E-state index in [1.165, 1.54) is 51.4 Å². The normalized spacial score (nSPS) is 42.7. The van der Waals surface area contributed by atoms with E-state index in [1.54, 1.807) is 0 Å². The average Bonchev–Trinajstić information content (AvgIpc) is 2.72. The van der Waals surface area contributed by atoms with Gasteiger partial charge in [-0.1, -0.05) is 12.2 Å². The highest BCUT2D eigenvalue weighted by molar-refractivity contribution is 4.92. The van der Waals surface area contributed by atoms with Gasteiger partial charge >= 0.3 is 0 Å². The van der Waals surface area contributed by atoms with Crippen molar-refractivity contribution in [3.8, 4) is 0 Å². The summed E-state index contributed by atoms with van der Waals surface area (Å²) >= 11 is 0. The third kappa shape index (κ3) is 5.78. The largest absolute Gasteiger partial charge is 0.375 e. The van der Waals surface area contributed by atoms with E-state index in [0.29, 0.717) is 32.0 Å². The Hall–Kier alpha value is -0.480. The lowest BCUT2D eigenvalue weighted by Crippen LogP contribution is -2.47. The first-order valence-corrected chi connectivity index (χ1v) is 11.8. The first-order valence-electron chi connectivity index (χ1n) is 11.8. The number of alkyl halides is 2. The number of ether oxygens (including phenoxy) is 2. The van der Waals surface area contributed by atoms with E-state index in [2.05, 4.69) is 19.1 Å². The van der Waals surface area contributed by atoms with Crippen molar-refractivity contribution >= 4 is 0 Å². The Labute approximate surface area is 170 Å². The van der Waals surface area contributed by atoms with Crippen molar-refractivity contribution in [2.45, 2.75) is 103 Å². The minimum atomic E-state index is -1.55. The molecule has 162 valence electrons. The Morgan fingerprint density at radius 1 is 0.750 bits per heavy atom. The average molecular weight is 399 g/mol. The van der Waals surface area contributed by atoms with Crippen LogP contribution in [0.1, 0.15) is 78.1 Å². The fraction of sp³-hybridized carbons (Fsp3) is 0.917. The molecule has 3 saturated carbocycles. The van der Waals surface area contributed by atoms with Crippen LogP contribution in [0, 0.1) is 23.7 Å². The summed E-state index contributed by atoms with van der Waals surface area (Å²) in [6, 6.07) is 0. The molecule has 0 saturated heterocycles. The minimum Gasteiger partial charge on any atom is -0.375 e. The quantitative estimate of drug-likeness (QED) is 0.460. The molecule has 0 radical (unpaired) electrons. The molecule has 0 aliphatic heterocycles. The second-order valence-corrected chi connectivity index (χ2v) is 9.31. The highest BCUT2D eigenvalue weighted by Crippen LogP contribution is 2.42. The lowest BCUT2D eigenvalue weighted by Gasteiger charge is -2.38. The van der Waals surface area contributed by atoms with Gasteiger partial charge in [0.05, 0.1) is 12.2 Å². The molecule has 0 heterocycles. The lowest BCUT2D eigenvalue weighted by molar-refractivity contribution is -0.122. The molecule has 4 atom stereocenters. The summed E-state index contributed by atoms with van der Waals surface area (Å²) in [4.78, 5) is 0. The van der Waals surface area contributed by atoms with Gasteiger partial charge in [0.25, 0.3) is 0 Å². The van der Waals surface area contributed by atoms with Crippen molar-refractivity contribution in [2.24, 2.45) is 23.7 Å². The summed E-state index contributed by atoms with van der Waals surface area (Å²) in [5.41, 5.74) is 0. The third-order valence-corrected chi connectivity index (χ3v) is 7.52. The van der Waals surface area contributed by atoms with E-state index in [0.717, 1.165) is 17.8 Å². The van der Waals surface area contributed by atoms with Crippen molar-refractivity contribution in [1.82, 2.24) is 0 Å². The van der Waals surface area contributed by atoms with Crippen molar-refractivity contribution in [1.29, 1.82) is 0 Å². The van der Waals surface area contributed by atoms with Gasteiger partial charge in [-0.25, -0.2) is 8.78 Å². The zero-order chi connectivity index (χ0) is 19.9. The minimum absolute atomic E-state index is 0.434. The van der Waals surface area contributed by atoms with Gasteiger partial charge in [0.2, 0.25) is 0 Å². The van der Waals surface area contributed by atoms with Gasteiger partial charge in [-0.05, 0) is 102 Å². The molecule has 2 nitrogen and oxygen atoms in total. The van der Waals surface area contributed by atoms with Gasteiger partial charge in [0, 0.05) is 13.2 Å². The topological polar surface area (TPSA) is 18.5 Å². The number of hydrogen-bond acceptors (Lipinski definition) is 2. The molecule has 0 aromatic carbocycles. The molecular formula is C24H40F2O2. The van der Waals surface area contributed by atoms with Crippen LogP contribution in [0.25, 0.3) is 0 Å². The Morgan fingerprint density at radius 3 is 1.82 bits per heavy atom. The molecule has 3 aliphatic rings. The van der Waals surface area contributed by atoms with E-state index < -0.39 is 24.6 Å². The Morgan fingerprint density at radius 2 is 1.29 bits per heavy atom. The monoisotopic (exact) mass is 398 g/mol. The van der Waals surface area contributed by atoms with Gasteiger partial charge in [-0.15, -0.1) is 0 Å². The fourth-order valence-electron chi connectivity index (χ4n) is 5.79. The van der Waals surface area contributed by atoms with E-state index in [1.807, 2.05) is 6.92 Å². The zero-order valence-electron chi connectivity index (χ0n) is 17.8.